The van der Waals surface area contributed by atoms with Crippen molar-refractivity contribution in [2.75, 3.05) is 0 Å². The Bertz CT molecular complexity index is 409. The number of aryl methyl sites for hydroxylation is 1. The fourth-order valence-corrected chi connectivity index (χ4v) is 1.47. The van der Waals surface area contributed by atoms with Crippen molar-refractivity contribution in [1.82, 2.24) is 9.97 Å². The minimum Gasteiger partial charge on any atom is -0.380 e. The molecule has 2 N–H and O–H groups in total. The molecule has 1 aromatic carbocycles. The fourth-order valence-electron chi connectivity index (χ4n) is 1.47. The Balaban J connectivity index is 2.37. The van der Waals surface area contributed by atoms with Crippen molar-refractivity contribution in [1.29, 1.82) is 0 Å². The van der Waals surface area contributed by atoms with Gasteiger partial charge in [0.05, 0.1) is 0 Å². The third kappa shape index (κ3) is 1.54. The summed E-state index contributed by atoms with van der Waals surface area (Å²) in [6.07, 6.45) is 2.68. The molecule has 0 spiro atoms. The highest BCUT2D eigenvalue weighted by atomic mass is 16.3. The Hall–Kier alpha value is -1.61. The second kappa shape index (κ2) is 3.64. The van der Waals surface area contributed by atoms with Crippen LogP contribution in [0.15, 0.2) is 36.7 Å². The molecule has 1 heterocycles. The Morgan fingerprint density at radius 2 is 2.14 bits per heavy atom. The highest BCUT2D eigenvalue weighted by Crippen LogP contribution is 2.21. The summed E-state index contributed by atoms with van der Waals surface area (Å²) in [7, 11) is 0. The van der Waals surface area contributed by atoms with Crippen molar-refractivity contribution < 1.29 is 5.11 Å². The Labute approximate surface area is 82.4 Å². The summed E-state index contributed by atoms with van der Waals surface area (Å²) >= 11 is 0. The van der Waals surface area contributed by atoms with Gasteiger partial charge in [0, 0.05) is 12.4 Å². The summed E-state index contributed by atoms with van der Waals surface area (Å²) in [6.45, 7) is 1.97. The molecule has 1 aromatic heterocycles. The van der Waals surface area contributed by atoms with Crippen molar-refractivity contribution in [3.63, 3.8) is 0 Å². The molecule has 1 atom stereocenters. The first-order valence-electron chi connectivity index (χ1n) is 4.52. The molecule has 0 aliphatic carbocycles. The summed E-state index contributed by atoms with van der Waals surface area (Å²) in [5.74, 6) is 0.583. The van der Waals surface area contributed by atoms with Gasteiger partial charge in [-0.3, -0.25) is 0 Å². The highest BCUT2D eigenvalue weighted by Gasteiger charge is 2.13. The van der Waals surface area contributed by atoms with Crippen LogP contribution in [0.1, 0.15) is 23.1 Å². The second-order valence-corrected chi connectivity index (χ2v) is 3.23. The van der Waals surface area contributed by atoms with E-state index in [-0.39, 0.29) is 0 Å². The number of rotatable bonds is 2. The molecule has 0 fully saturated rings. The van der Waals surface area contributed by atoms with Gasteiger partial charge in [0.25, 0.3) is 0 Å². The molecule has 2 aromatic rings. The number of hydrogen-bond acceptors (Lipinski definition) is 2. The van der Waals surface area contributed by atoms with Gasteiger partial charge in [-0.1, -0.05) is 24.3 Å². The van der Waals surface area contributed by atoms with E-state index < -0.39 is 6.10 Å². The van der Waals surface area contributed by atoms with Crippen LogP contribution in [-0.4, -0.2) is 15.1 Å². The van der Waals surface area contributed by atoms with E-state index in [4.69, 9.17) is 0 Å². The van der Waals surface area contributed by atoms with Gasteiger partial charge >= 0.3 is 0 Å². The van der Waals surface area contributed by atoms with Crippen LogP contribution in [0.2, 0.25) is 0 Å². The summed E-state index contributed by atoms with van der Waals surface area (Å²) < 4.78 is 0. The minimum absolute atomic E-state index is 0.583. The maximum absolute atomic E-state index is 9.97. The molecule has 1 unspecified atom stereocenters. The number of nitrogens with one attached hydrogen (secondary N) is 1. The lowest BCUT2D eigenvalue weighted by atomic mass is 10.0. The zero-order valence-electron chi connectivity index (χ0n) is 7.94. The number of aromatic amines is 1. The van der Waals surface area contributed by atoms with Gasteiger partial charge < -0.3 is 10.1 Å². The molecule has 3 nitrogen and oxygen atoms in total. The van der Waals surface area contributed by atoms with Crippen molar-refractivity contribution in [3.8, 4) is 0 Å². The molecule has 0 saturated carbocycles. The lowest BCUT2D eigenvalue weighted by Gasteiger charge is -2.10. The van der Waals surface area contributed by atoms with E-state index in [1.807, 2.05) is 31.2 Å². The van der Waals surface area contributed by atoms with E-state index in [9.17, 15) is 5.11 Å². The molecule has 0 radical (unpaired) electrons. The molecule has 0 aliphatic heterocycles. The van der Waals surface area contributed by atoms with Crippen LogP contribution in [0.3, 0.4) is 0 Å². The van der Waals surface area contributed by atoms with E-state index in [0.717, 1.165) is 11.1 Å². The third-order valence-corrected chi connectivity index (χ3v) is 2.26. The summed E-state index contributed by atoms with van der Waals surface area (Å²) in [5.41, 5.74) is 1.96. The molecule has 72 valence electrons. The van der Waals surface area contributed by atoms with Crippen molar-refractivity contribution >= 4 is 0 Å². The van der Waals surface area contributed by atoms with E-state index in [1.165, 1.54) is 0 Å². The molecule has 0 amide bonds. The predicted molar refractivity (Wildman–Crippen MR) is 53.8 cm³/mol. The Kier molecular flexibility index (Phi) is 2.33. The molecule has 2 rings (SSSR count). The van der Waals surface area contributed by atoms with Gasteiger partial charge in [0.2, 0.25) is 0 Å². The van der Waals surface area contributed by atoms with E-state index in [1.54, 1.807) is 12.4 Å². The Morgan fingerprint density at radius 1 is 1.36 bits per heavy atom. The monoisotopic (exact) mass is 188 g/mol. The quantitative estimate of drug-likeness (QED) is 0.755. The predicted octanol–water partition coefficient (Wildman–Crippen LogP) is 1.80. The van der Waals surface area contributed by atoms with Gasteiger partial charge in [-0.2, -0.15) is 0 Å². The van der Waals surface area contributed by atoms with Crippen LogP contribution in [-0.2, 0) is 0 Å². The lowest BCUT2D eigenvalue weighted by Crippen LogP contribution is -2.03. The lowest BCUT2D eigenvalue weighted by molar-refractivity contribution is 0.210. The SMILES string of the molecule is Cc1ccccc1C(O)c1ncc[nH]1. The largest absolute Gasteiger partial charge is 0.380 e. The zero-order chi connectivity index (χ0) is 9.97. The van der Waals surface area contributed by atoms with Crippen molar-refractivity contribution in [2.24, 2.45) is 0 Å². The molecule has 0 aliphatic rings. The third-order valence-electron chi connectivity index (χ3n) is 2.26. The molecular formula is C11H12N2O. The first-order chi connectivity index (χ1) is 6.79. The maximum Gasteiger partial charge on any atom is 0.139 e. The number of aliphatic hydroxyl groups excluding tert-OH is 1. The first kappa shape index (κ1) is 8.97. The smallest absolute Gasteiger partial charge is 0.139 e. The van der Waals surface area contributed by atoms with Crippen LogP contribution in [0.4, 0.5) is 0 Å². The van der Waals surface area contributed by atoms with E-state index >= 15 is 0 Å². The van der Waals surface area contributed by atoms with Crippen LogP contribution in [0.5, 0.6) is 0 Å². The van der Waals surface area contributed by atoms with Crippen LogP contribution < -0.4 is 0 Å². The van der Waals surface area contributed by atoms with E-state index in [0.29, 0.717) is 5.82 Å². The number of H-pyrrole nitrogens is 1. The van der Waals surface area contributed by atoms with E-state index in [2.05, 4.69) is 9.97 Å². The highest BCUT2D eigenvalue weighted by molar-refractivity contribution is 5.30. The second-order valence-electron chi connectivity index (χ2n) is 3.23. The number of aliphatic hydroxyl groups is 1. The maximum atomic E-state index is 9.97. The van der Waals surface area contributed by atoms with Gasteiger partial charge in [-0.25, -0.2) is 4.98 Å². The summed E-state index contributed by atoms with van der Waals surface area (Å²) in [5, 5.41) is 9.97. The van der Waals surface area contributed by atoms with Crippen molar-refractivity contribution in [3.05, 3.63) is 53.6 Å². The standard InChI is InChI=1S/C11H12N2O/c1-8-4-2-3-5-9(8)10(14)11-12-6-7-13-11/h2-7,10,14H,1H3,(H,12,13). The van der Waals surface area contributed by atoms with Gasteiger partial charge in [0.1, 0.15) is 11.9 Å². The van der Waals surface area contributed by atoms with Crippen LogP contribution in [0.25, 0.3) is 0 Å². The topological polar surface area (TPSA) is 48.9 Å². The normalized spacial score (nSPS) is 12.7. The molecule has 3 heteroatoms. The molecule has 0 saturated heterocycles. The number of nitrogens with zero attached hydrogens (tertiary/aromatic N) is 1. The molecular weight excluding hydrogens is 176 g/mol. The number of imidazole rings is 1. The molecule has 0 bridgehead atoms. The average molecular weight is 188 g/mol. The van der Waals surface area contributed by atoms with Gasteiger partial charge in [-0.05, 0) is 18.1 Å². The summed E-state index contributed by atoms with van der Waals surface area (Å²) in [4.78, 5) is 6.93. The fraction of sp³-hybridized carbons (Fsp3) is 0.182. The minimum atomic E-state index is -0.661. The number of benzene rings is 1. The van der Waals surface area contributed by atoms with Gasteiger partial charge in [-0.15, -0.1) is 0 Å². The van der Waals surface area contributed by atoms with Crippen LogP contribution >= 0.6 is 0 Å². The summed E-state index contributed by atoms with van der Waals surface area (Å²) in [6, 6.07) is 7.74. The number of aromatic nitrogens is 2. The van der Waals surface area contributed by atoms with Crippen LogP contribution in [0, 0.1) is 6.92 Å². The molecule has 14 heavy (non-hydrogen) atoms. The Morgan fingerprint density at radius 3 is 2.79 bits per heavy atom. The zero-order valence-corrected chi connectivity index (χ0v) is 7.94. The number of hydrogen-bond donors (Lipinski definition) is 2. The van der Waals surface area contributed by atoms with Crippen molar-refractivity contribution in [2.45, 2.75) is 13.0 Å². The van der Waals surface area contributed by atoms with Gasteiger partial charge in [0.15, 0.2) is 0 Å². The average Bonchev–Trinajstić information content (AvgIpc) is 2.70. The first-order valence-corrected chi connectivity index (χ1v) is 4.52.